The van der Waals surface area contributed by atoms with Gasteiger partial charge in [-0.2, -0.15) is 0 Å². The molecule has 5 nitrogen and oxygen atoms in total. The first kappa shape index (κ1) is 52.1. The molecule has 0 heterocycles. The van der Waals surface area contributed by atoms with Crippen molar-refractivity contribution in [3.05, 3.63) is 36.5 Å². The largest absolute Gasteiger partial charge is 0.462 e. The smallest absolute Gasteiger partial charge is 0.306 e. The van der Waals surface area contributed by atoms with E-state index in [1.165, 1.54) is 154 Å². The molecule has 0 aliphatic heterocycles. The first-order valence-electron chi connectivity index (χ1n) is 23.5. The molecule has 0 aromatic rings. The Morgan fingerprint density at radius 3 is 1.30 bits per heavy atom. The molecule has 0 aliphatic carbocycles. The highest BCUT2D eigenvalue weighted by atomic mass is 16.6. The Hall–Kier alpha value is -1.88. The fourth-order valence-corrected chi connectivity index (χ4v) is 6.59. The van der Waals surface area contributed by atoms with E-state index in [0.717, 1.165) is 51.4 Å². The first-order chi connectivity index (χ1) is 26.6. The molecule has 0 rings (SSSR count). The third kappa shape index (κ3) is 42.9. The molecule has 316 valence electrons. The van der Waals surface area contributed by atoms with Gasteiger partial charge in [0.25, 0.3) is 0 Å². The molecule has 54 heavy (non-hydrogen) atoms. The Balaban J connectivity index is 4.14. The van der Waals surface area contributed by atoms with Crippen molar-refractivity contribution in [2.75, 3.05) is 19.8 Å². The zero-order chi connectivity index (χ0) is 39.3. The van der Waals surface area contributed by atoms with Crippen LogP contribution in [-0.4, -0.2) is 37.9 Å². The minimum atomic E-state index is -0.535. The number of hydrogen-bond acceptors (Lipinski definition) is 5. The lowest BCUT2D eigenvalue weighted by molar-refractivity contribution is -0.163. The van der Waals surface area contributed by atoms with E-state index >= 15 is 0 Å². The highest BCUT2D eigenvalue weighted by Crippen LogP contribution is 2.13. The summed E-state index contributed by atoms with van der Waals surface area (Å²) in [5.74, 6) is -0.408. The number of allylic oxidation sites excluding steroid dienone is 6. The van der Waals surface area contributed by atoms with Crippen LogP contribution in [0.1, 0.15) is 239 Å². The number of hydrogen-bond donors (Lipinski definition) is 0. The number of carbonyl (C=O) groups is 2. The van der Waals surface area contributed by atoms with Crippen LogP contribution in [0, 0.1) is 0 Å². The van der Waals surface area contributed by atoms with E-state index in [0.29, 0.717) is 19.4 Å². The number of esters is 2. The second kappa shape index (κ2) is 45.5. The summed E-state index contributed by atoms with van der Waals surface area (Å²) in [4.78, 5) is 25.1. The molecule has 0 saturated carbocycles. The van der Waals surface area contributed by atoms with E-state index in [-0.39, 0.29) is 25.2 Å². The molecule has 0 aromatic heterocycles. The maximum absolute atomic E-state index is 12.6. The van der Waals surface area contributed by atoms with E-state index in [4.69, 9.17) is 14.2 Å². The molecule has 5 heteroatoms. The first-order valence-corrected chi connectivity index (χ1v) is 23.5. The SMILES string of the molecule is CCCCC/C=C\C/C=C\CCCCCCCCCC(=O)OCC(COCCCCCCCC/C=C\CCCCCC)OC(=O)CCCCCCCCC. The minimum Gasteiger partial charge on any atom is -0.462 e. The van der Waals surface area contributed by atoms with Crippen LogP contribution >= 0.6 is 0 Å². The molecular formula is C49H90O5. The Morgan fingerprint density at radius 2 is 0.778 bits per heavy atom. The molecular weight excluding hydrogens is 669 g/mol. The van der Waals surface area contributed by atoms with Crippen molar-refractivity contribution in [1.82, 2.24) is 0 Å². The average molecular weight is 759 g/mol. The topological polar surface area (TPSA) is 61.8 Å². The molecule has 0 aliphatic rings. The van der Waals surface area contributed by atoms with Gasteiger partial charge in [-0.05, 0) is 77.0 Å². The summed E-state index contributed by atoms with van der Waals surface area (Å²) in [5, 5.41) is 0. The molecule has 1 atom stereocenters. The van der Waals surface area contributed by atoms with E-state index < -0.39 is 6.10 Å². The second-order valence-electron chi connectivity index (χ2n) is 15.7. The van der Waals surface area contributed by atoms with Gasteiger partial charge in [-0.25, -0.2) is 0 Å². The monoisotopic (exact) mass is 759 g/mol. The highest BCUT2D eigenvalue weighted by molar-refractivity contribution is 5.70. The van der Waals surface area contributed by atoms with Crippen molar-refractivity contribution in [3.8, 4) is 0 Å². The predicted molar refractivity (Wildman–Crippen MR) is 233 cm³/mol. The molecule has 0 saturated heterocycles. The van der Waals surface area contributed by atoms with Crippen LogP contribution < -0.4 is 0 Å². The van der Waals surface area contributed by atoms with E-state index in [1.54, 1.807) is 0 Å². The summed E-state index contributed by atoms with van der Waals surface area (Å²) < 4.78 is 17.3. The van der Waals surface area contributed by atoms with Crippen LogP contribution in [0.15, 0.2) is 36.5 Å². The molecule has 0 fully saturated rings. The van der Waals surface area contributed by atoms with E-state index in [9.17, 15) is 9.59 Å². The average Bonchev–Trinajstić information content (AvgIpc) is 3.17. The quantitative estimate of drug-likeness (QED) is 0.0352. The van der Waals surface area contributed by atoms with Crippen LogP contribution in [0.5, 0.6) is 0 Å². The summed E-state index contributed by atoms with van der Waals surface area (Å²) in [5.41, 5.74) is 0. The van der Waals surface area contributed by atoms with Crippen molar-refractivity contribution >= 4 is 11.9 Å². The Kier molecular flexibility index (Phi) is 43.9. The molecule has 1 unspecified atom stereocenters. The highest BCUT2D eigenvalue weighted by Gasteiger charge is 2.17. The van der Waals surface area contributed by atoms with Crippen molar-refractivity contribution < 1.29 is 23.8 Å². The summed E-state index contributed by atoms with van der Waals surface area (Å²) in [7, 11) is 0. The minimum absolute atomic E-state index is 0.0818. The van der Waals surface area contributed by atoms with Crippen LogP contribution in [0.3, 0.4) is 0 Å². The van der Waals surface area contributed by atoms with Gasteiger partial charge in [0.1, 0.15) is 6.61 Å². The van der Waals surface area contributed by atoms with E-state index in [1.807, 2.05) is 0 Å². The summed E-state index contributed by atoms with van der Waals surface area (Å²) in [6, 6.07) is 0. The number of unbranched alkanes of at least 4 members (excludes halogenated alkanes) is 26. The van der Waals surface area contributed by atoms with Gasteiger partial charge in [-0.3, -0.25) is 9.59 Å². The maximum atomic E-state index is 12.6. The lowest BCUT2D eigenvalue weighted by Crippen LogP contribution is -2.30. The predicted octanol–water partition coefficient (Wildman–Crippen LogP) is 15.4. The molecule has 0 radical (unpaired) electrons. The van der Waals surface area contributed by atoms with Gasteiger partial charge in [0.15, 0.2) is 6.10 Å². The fraction of sp³-hybridized carbons (Fsp3) is 0.837. The summed E-state index contributed by atoms with van der Waals surface area (Å²) in [6.45, 7) is 7.75. The molecule has 0 N–H and O–H groups in total. The molecule has 0 aromatic carbocycles. The van der Waals surface area contributed by atoms with Crippen molar-refractivity contribution in [3.63, 3.8) is 0 Å². The Bertz CT molecular complexity index is 862. The molecule has 0 amide bonds. The van der Waals surface area contributed by atoms with Crippen LogP contribution in [0.4, 0.5) is 0 Å². The van der Waals surface area contributed by atoms with Crippen molar-refractivity contribution in [2.45, 2.75) is 245 Å². The standard InChI is InChI=1S/C49H90O5/c1-4-7-10-13-16-18-20-22-24-25-26-27-29-31-34-36-39-42-48(50)53-46-47(54-49(51)43-40-37-33-15-12-9-6-3)45-52-44-41-38-35-32-30-28-23-21-19-17-14-11-8-5-2/h16,18-19,21-22,24,47H,4-15,17,20,23,25-46H2,1-3H3/b18-16-,21-19-,24-22-. The van der Waals surface area contributed by atoms with Crippen LogP contribution in [-0.2, 0) is 23.8 Å². The normalized spacial score (nSPS) is 12.4. The van der Waals surface area contributed by atoms with Gasteiger partial charge >= 0.3 is 11.9 Å². The fourth-order valence-electron chi connectivity index (χ4n) is 6.59. The zero-order valence-corrected chi connectivity index (χ0v) is 36.2. The van der Waals surface area contributed by atoms with Crippen molar-refractivity contribution in [1.29, 1.82) is 0 Å². The summed E-state index contributed by atoms with van der Waals surface area (Å²) in [6.07, 6.45) is 52.9. The van der Waals surface area contributed by atoms with Crippen LogP contribution in [0.2, 0.25) is 0 Å². The third-order valence-electron chi connectivity index (χ3n) is 10.1. The van der Waals surface area contributed by atoms with Gasteiger partial charge in [-0.1, -0.05) is 186 Å². The molecule has 0 spiro atoms. The van der Waals surface area contributed by atoms with Gasteiger partial charge in [0.05, 0.1) is 6.61 Å². The maximum Gasteiger partial charge on any atom is 0.306 e. The van der Waals surface area contributed by atoms with Crippen LogP contribution in [0.25, 0.3) is 0 Å². The van der Waals surface area contributed by atoms with Gasteiger partial charge in [0.2, 0.25) is 0 Å². The number of ether oxygens (including phenoxy) is 3. The Labute approximate surface area is 336 Å². The van der Waals surface area contributed by atoms with Gasteiger partial charge < -0.3 is 14.2 Å². The third-order valence-corrected chi connectivity index (χ3v) is 10.1. The van der Waals surface area contributed by atoms with Gasteiger partial charge in [0, 0.05) is 19.4 Å². The van der Waals surface area contributed by atoms with E-state index in [2.05, 4.69) is 57.2 Å². The molecule has 0 bridgehead atoms. The number of rotatable bonds is 43. The lowest BCUT2D eigenvalue weighted by atomic mass is 10.1. The number of carbonyl (C=O) groups excluding carboxylic acids is 2. The zero-order valence-electron chi connectivity index (χ0n) is 36.2. The lowest BCUT2D eigenvalue weighted by Gasteiger charge is -2.18. The summed E-state index contributed by atoms with van der Waals surface area (Å²) >= 11 is 0. The Morgan fingerprint density at radius 1 is 0.407 bits per heavy atom. The van der Waals surface area contributed by atoms with Gasteiger partial charge in [-0.15, -0.1) is 0 Å². The second-order valence-corrected chi connectivity index (χ2v) is 15.7. The van der Waals surface area contributed by atoms with Crippen molar-refractivity contribution in [2.24, 2.45) is 0 Å².